The second kappa shape index (κ2) is 7.72. The molecule has 0 aromatic heterocycles. The number of sulfonamides is 1. The number of methoxy groups -OCH3 is 1. The largest absolute Gasteiger partial charge is 0.497 e. The molecule has 21 heavy (non-hydrogen) atoms. The number of hydrogen-bond acceptors (Lipinski definition) is 5. The van der Waals surface area contributed by atoms with Gasteiger partial charge in [0.1, 0.15) is 5.75 Å². The maximum Gasteiger partial charge on any atom is 0.407 e. The van der Waals surface area contributed by atoms with Gasteiger partial charge in [-0.3, -0.25) is 4.31 Å². The number of carbonyl (C=O) groups is 1. The second-order valence-corrected chi connectivity index (χ2v) is 6.09. The first-order valence-electron chi connectivity index (χ1n) is 6.41. The lowest BCUT2D eigenvalue weighted by Gasteiger charge is -2.22. The highest BCUT2D eigenvalue weighted by Crippen LogP contribution is 2.20. The van der Waals surface area contributed by atoms with Crippen molar-refractivity contribution in [2.24, 2.45) is 0 Å². The number of benzene rings is 1. The summed E-state index contributed by atoms with van der Waals surface area (Å²) in [5.41, 5.74) is 0.504. The molecule has 1 aromatic rings. The van der Waals surface area contributed by atoms with Crippen LogP contribution in [0.15, 0.2) is 24.3 Å². The van der Waals surface area contributed by atoms with Crippen molar-refractivity contribution in [1.29, 1.82) is 0 Å². The minimum atomic E-state index is -3.45. The molecule has 1 rings (SSSR count). The van der Waals surface area contributed by atoms with Crippen LogP contribution in [0.25, 0.3) is 0 Å². The Morgan fingerprint density at radius 1 is 1.29 bits per heavy atom. The smallest absolute Gasteiger partial charge is 0.407 e. The van der Waals surface area contributed by atoms with E-state index in [4.69, 9.17) is 9.47 Å². The molecule has 7 nitrogen and oxygen atoms in total. The molecular formula is C13H20N2O5S. The van der Waals surface area contributed by atoms with Crippen LogP contribution in [0.5, 0.6) is 5.75 Å². The minimum Gasteiger partial charge on any atom is -0.497 e. The normalized spacial score (nSPS) is 10.8. The molecule has 0 aliphatic heterocycles. The molecule has 0 radical (unpaired) electrons. The molecule has 0 fully saturated rings. The van der Waals surface area contributed by atoms with Gasteiger partial charge in [-0.2, -0.15) is 0 Å². The number of carbonyl (C=O) groups excluding carboxylic acids is 1. The Hall–Kier alpha value is -1.96. The standard InChI is InChI=1S/C13H20N2O5S/c1-4-20-13(16)14-9-10-15(21(3,17)18)11-5-7-12(19-2)8-6-11/h5-8H,4,9-10H2,1-3H3,(H,14,16). The molecular weight excluding hydrogens is 296 g/mol. The van der Waals surface area contributed by atoms with Gasteiger partial charge >= 0.3 is 6.09 Å². The molecule has 0 aliphatic carbocycles. The predicted octanol–water partition coefficient (Wildman–Crippen LogP) is 1.21. The Balaban J connectivity index is 2.75. The van der Waals surface area contributed by atoms with Gasteiger partial charge in [0, 0.05) is 6.54 Å². The molecule has 0 saturated carbocycles. The SMILES string of the molecule is CCOC(=O)NCCN(c1ccc(OC)cc1)S(C)(=O)=O. The molecule has 1 amide bonds. The fraction of sp³-hybridized carbons (Fsp3) is 0.462. The summed E-state index contributed by atoms with van der Waals surface area (Å²) in [7, 11) is -1.91. The van der Waals surface area contributed by atoms with Gasteiger partial charge in [-0.25, -0.2) is 13.2 Å². The van der Waals surface area contributed by atoms with E-state index >= 15 is 0 Å². The number of amides is 1. The quantitative estimate of drug-likeness (QED) is 0.817. The van der Waals surface area contributed by atoms with Gasteiger partial charge in [0.2, 0.25) is 10.0 Å². The molecule has 0 atom stereocenters. The van der Waals surface area contributed by atoms with Crippen molar-refractivity contribution in [3.63, 3.8) is 0 Å². The first-order chi connectivity index (χ1) is 9.88. The lowest BCUT2D eigenvalue weighted by molar-refractivity contribution is 0.152. The maximum absolute atomic E-state index is 11.8. The average molecular weight is 316 g/mol. The molecule has 0 unspecified atom stereocenters. The molecule has 0 spiro atoms. The Bertz CT molecular complexity index is 556. The zero-order chi connectivity index (χ0) is 15.9. The lowest BCUT2D eigenvalue weighted by atomic mass is 10.3. The highest BCUT2D eigenvalue weighted by molar-refractivity contribution is 7.92. The zero-order valence-corrected chi connectivity index (χ0v) is 13.1. The first-order valence-corrected chi connectivity index (χ1v) is 8.25. The summed E-state index contributed by atoms with van der Waals surface area (Å²) < 4.78 is 34.6. The van der Waals surface area contributed by atoms with E-state index in [1.54, 1.807) is 31.2 Å². The third kappa shape index (κ3) is 5.50. The molecule has 8 heteroatoms. The fourth-order valence-corrected chi connectivity index (χ4v) is 2.60. The Morgan fingerprint density at radius 2 is 1.90 bits per heavy atom. The van der Waals surface area contributed by atoms with Crippen molar-refractivity contribution in [2.45, 2.75) is 6.92 Å². The molecule has 0 saturated heterocycles. The predicted molar refractivity (Wildman–Crippen MR) is 80.2 cm³/mol. The summed E-state index contributed by atoms with van der Waals surface area (Å²) in [6.07, 6.45) is 0.544. The van der Waals surface area contributed by atoms with Crippen molar-refractivity contribution in [2.75, 3.05) is 37.4 Å². The Morgan fingerprint density at radius 3 is 2.38 bits per heavy atom. The van der Waals surface area contributed by atoms with Crippen LogP contribution in [0.1, 0.15) is 6.92 Å². The van der Waals surface area contributed by atoms with E-state index in [2.05, 4.69) is 5.32 Å². The topological polar surface area (TPSA) is 84.9 Å². The van der Waals surface area contributed by atoms with Gasteiger partial charge in [-0.15, -0.1) is 0 Å². The monoisotopic (exact) mass is 316 g/mol. The Labute approximate surface area is 124 Å². The van der Waals surface area contributed by atoms with E-state index in [1.165, 1.54) is 11.4 Å². The lowest BCUT2D eigenvalue weighted by Crippen LogP contribution is -2.38. The molecule has 1 N–H and O–H groups in total. The third-order valence-electron chi connectivity index (χ3n) is 2.62. The van der Waals surface area contributed by atoms with Gasteiger partial charge in [-0.05, 0) is 31.2 Å². The zero-order valence-electron chi connectivity index (χ0n) is 12.3. The van der Waals surface area contributed by atoms with Crippen LogP contribution in [-0.2, 0) is 14.8 Å². The van der Waals surface area contributed by atoms with Crippen molar-refractivity contribution >= 4 is 21.8 Å². The molecule has 0 bridgehead atoms. The summed E-state index contributed by atoms with van der Waals surface area (Å²) in [5, 5.41) is 2.49. The van der Waals surface area contributed by atoms with E-state index < -0.39 is 16.1 Å². The number of alkyl carbamates (subject to hydrolysis) is 1. The Kier molecular flexibility index (Phi) is 6.29. The number of ether oxygens (including phenoxy) is 2. The van der Waals surface area contributed by atoms with Crippen LogP contribution in [0, 0.1) is 0 Å². The molecule has 118 valence electrons. The first kappa shape index (κ1) is 17.1. The van der Waals surface area contributed by atoms with Gasteiger partial charge in [0.15, 0.2) is 0 Å². The molecule has 0 aliphatic rings. The van der Waals surface area contributed by atoms with Crippen LogP contribution in [-0.4, -0.2) is 47.6 Å². The number of nitrogens with zero attached hydrogens (tertiary/aromatic N) is 1. The minimum absolute atomic E-state index is 0.115. The van der Waals surface area contributed by atoms with Crippen LogP contribution < -0.4 is 14.4 Å². The number of rotatable bonds is 7. The summed E-state index contributed by atoms with van der Waals surface area (Å²) >= 11 is 0. The van der Waals surface area contributed by atoms with Crippen LogP contribution in [0.3, 0.4) is 0 Å². The van der Waals surface area contributed by atoms with Gasteiger partial charge < -0.3 is 14.8 Å². The number of anilines is 1. The van der Waals surface area contributed by atoms with Gasteiger partial charge in [0.05, 0.1) is 32.2 Å². The highest BCUT2D eigenvalue weighted by Gasteiger charge is 2.17. The van der Waals surface area contributed by atoms with Gasteiger partial charge in [0.25, 0.3) is 0 Å². The summed E-state index contributed by atoms with van der Waals surface area (Å²) in [5.74, 6) is 0.636. The number of hydrogen-bond donors (Lipinski definition) is 1. The molecule has 1 aromatic carbocycles. The number of nitrogens with one attached hydrogen (secondary N) is 1. The summed E-state index contributed by atoms with van der Waals surface area (Å²) in [4.78, 5) is 11.2. The van der Waals surface area contributed by atoms with Crippen LogP contribution >= 0.6 is 0 Å². The van der Waals surface area contributed by atoms with Crippen molar-refractivity contribution in [3.05, 3.63) is 24.3 Å². The van der Waals surface area contributed by atoms with E-state index in [-0.39, 0.29) is 19.7 Å². The van der Waals surface area contributed by atoms with E-state index in [1.807, 2.05) is 0 Å². The van der Waals surface area contributed by atoms with Crippen LogP contribution in [0.4, 0.5) is 10.5 Å². The highest BCUT2D eigenvalue weighted by atomic mass is 32.2. The third-order valence-corrected chi connectivity index (χ3v) is 3.81. The van der Waals surface area contributed by atoms with E-state index in [0.717, 1.165) is 6.26 Å². The van der Waals surface area contributed by atoms with Crippen molar-refractivity contribution in [3.8, 4) is 5.75 Å². The van der Waals surface area contributed by atoms with Crippen LogP contribution in [0.2, 0.25) is 0 Å². The van der Waals surface area contributed by atoms with Crippen molar-refractivity contribution in [1.82, 2.24) is 5.32 Å². The second-order valence-electron chi connectivity index (χ2n) is 4.18. The van der Waals surface area contributed by atoms with E-state index in [9.17, 15) is 13.2 Å². The van der Waals surface area contributed by atoms with Crippen molar-refractivity contribution < 1.29 is 22.7 Å². The summed E-state index contributed by atoms with van der Waals surface area (Å²) in [6.45, 7) is 2.22. The fourth-order valence-electron chi connectivity index (χ4n) is 1.68. The van der Waals surface area contributed by atoms with Gasteiger partial charge in [-0.1, -0.05) is 0 Å². The maximum atomic E-state index is 11.8. The summed E-state index contributed by atoms with van der Waals surface area (Å²) in [6, 6.07) is 6.63. The molecule has 0 heterocycles. The van der Waals surface area contributed by atoms with E-state index in [0.29, 0.717) is 11.4 Å². The average Bonchev–Trinajstić information content (AvgIpc) is 2.43.